The SMILES string of the molecule is CCCOC(=O)c1ccc(N2C(=O)C(Cl)=C(Nc3cccc(C(=O)N4CCOCC4)c3)C2=O)cc1. The van der Waals surface area contributed by atoms with E-state index in [-0.39, 0.29) is 22.3 Å². The first kappa shape index (κ1) is 24.4. The number of anilines is 2. The molecule has 4 rings (SSSR count). The van der Waals surface area contributed by atoms with Crippen molar-refractivity contribution in [2.45, 2.75) is 13.3 Å². The maximum absolute atomic E-state index is 13.1. The summed E-state index contributed by atoms with van der Waals surface area (Å²) >= 11 is 6.22. The fourth-order valence-corrected chi connectivity index (χ4v) is 3.91. The maximum atomic E-state index is 13.1. The molecule has 1 fully saturated rings. The first-order valence-electron chi connectivity index (χ1n) is 11.2. The molecule has 9 nitrogen and oxygen atoms in total. The second-order valence-corrected chi connectivity index (χ2v) is 8.31. The normalized spacial score (nSPS) is 16.1. The zero-order valence-electron chi connectivity index (χ0n) is 19.1. The molecule has 0 unspecified atom stereocenters. The van der Waals surface area contributed by atoms with Crippen molar-refractivity contribution in [3.05, 3.63) is 70.4 Å². The fraction of sp³-hybridized carbons (Fsp3) is 0.280. The highest BCUT2D eigenvalue weighted by Gasteiger charge is 2.39. The van der Waals surface area contributed by atoms with Gasteiger partial charge in [-0.2, -0.15) is 0 Å². The van der Waals surface area contributed by atoms with E-state index in [9.17, 15) is 19.2 Å². The summed E-state index contributed by atoms with van der Waals surface area (Å²) in [6, 6.07) is 12.6. The topological polar surface area (TPSA) is 105 Å². The Morgan fingerprint density at radius 2 is 1.74 bits per heavy atom. The quantitative estimate of drug-likeness (QED) is 0.462. The number of nitrogens with zero attached hydrogens (tertiary/aromatic N) is 2. The fourth-order valence-electron chi connectivity index (χ4n) is 3.69. The molecule has 0 bridgehead atoms. The second kappa shape index (κ2) is 10.7. The van der Waals surface area contributed by atoms with Gasteiger partial charge >= 0.3 is 5.97 Å². The van der Waals surface area contributed by atoms with Crippen LogP contribution >= 0.6 is 11.6 Å². The highest BCUT2D eigenvalue weighted by atomic mass is 35.5. The molecule has 35 heavy (non-hydrogen) atoms. The maximum Gasteiger partial charge on any atom is 0.338 e. The van der Waals surface area contributed by atoms with Crippen molar-refractivity contribution in [1.82, 2.24) is 4.90 Å². The molecule has 0 aromatic heterocycles. The van der Waals surface area contributed by atoms with Crippen molar-refractivity contribution in [1.29, 1.82) is 0 Å². The molecule has 3 amide bonds. The van der Waals surface area contributed by atoms with Crippen LogP contribution in [0.15, 0.2) is 59.3 Å². The molecule has 1 N–H and O–H groups in total. The van der Waals surface area contributed by atoms with Crippen LogP contribution in [0.25, 0.3) is 0 Å². The van der Waals surface area contributed by atoms with E-state index in [0.29, 0.717) is 56.1 Å². The number of halogens is 1. The number of imide groups is 1. The monoisotopic (exact) mass is 497 g/mol. The van der Waals surface area contributed by atoms with Crippen LogP contribution in [0.4, 0.5) is 11.4 Å². The summed E-state index contributed by atoms with van der Waals surface area (Å²) in [4.78, 5) is 53.3. The minimum Gasteiger partial charge on any atom is -0.462 e. The Kier molecular flexibility index (Phi) is 7.48. The Morgan fingerprint density at radius 3 is 2.43 bits per heavy atom. The molecule has 2 aromatic rings. The number of hydrogen-bond donors (Lipinski definition) is 1. The van der Waals surface area contributed by atoms with Gasteiger partial charge in [-0.05, 0) is 48.9 Å². The second-order valence-electron chi connectivity index (χ2n) is 7.93. The third kappa shape index (κ3) is 5.21. The standard InChI is InChI=1S/C25H24ClN3O6/c1-2-12-35-25(33)16-6-8-19(9-7-16)29-23(31)20(26)21(24(29)32)27-18-5-3-4-17(15-18)22(30)28-10-13-34-14-11-28/h3-9,15,27H,2,10-14H2,1H3. The first-order chi connectivity index (χ1) is 16.9. The minimum absolute atomic E-state index is 0.0981. The Balaban J connectivity index is 1.49. The highest BCUT2D eigenvalue weighted by Crippen LogP contribution is 2.30. The van der Waals surface area contributed by atoms with Crippen molar-refractivity contribution >= 4 is 46.7 Å². The van der Waals surface area contributed by atoms with Gasteiger partial charge in [0.05, 0.1) is 31.1 Å². The lowest BCUT2D eigenvalue weighted by Gasteiger charge is -2.27. The molecule has 0 radical (unpaired) electrons. The number of rotatable bonds is 7. The van der Waals surface area contributed by atoms with Crippen molar-refractivity contribution in [2.24, 2.45) is 0 Å². The van der Waals surface area contributed by atoms with Crippen LogP contribution in [-0.4, -0.2) is 61.5 Å². The lowest BCUT2D eigenvalue weighted by atomic mass is 10.1. The smallest absolute Gasteiger partial charge is 0.338 e. The van der Waals surface area contributed by atoms with E-state index < -0.39 is 17.8 Å². The predicted molar refractivity (Wildman–Crippen MR) is 129 cm³/mol. The molecular formula is C25H24ClN3O6. The van der Waals surface area contributed by atoms with Crippen molar-refractivity contribution < 1.29 is 28.7 Å². The largest absolute Gasteiger partial charge is 0.462 e. The third-order valence-corrected chi connectivity index (χ3v) is 5.85. The number of morpholine rings is 1. The molecule has 182 valence electrons. The Morgan fingerprint density at radius 1 is 1.03 bits per heavy atom. The molecule has 2 aliphatic rings. The van der Waals surface area contributed by atoms with Gasteiger partial charge in [0.15, 0.2) is 0 Å². The molecule has 0 aliphatic carbocycles. The van der Waals surface area contributed by atoms with E-state index in [0.717, 1.165) is 4.90 Å². The van der Waals surface area contributed by atoms with Gasteiger partial charge in [-0.3, -0.25) is 14.4 Å². The van der Waals surface area contributed by atoms with Crippen LogP contribution in [0.1, 0.15) is 34.1 Å². The van der Waals surface area contributed by atoms with E-state index in [1.807, 2.05) is 6.92 Å². The van der Waals surface area contributed by atoms with Crippen LogP contribution in [0.2, 0.25) is 0 Å². The van der Waals surface area contributed by atoms with Crippen molar-refractivity contribution in [3.8, 4) is 0 Å². The molecule has 2 heterocycles. The van der Waals surface area contributed by atoms with Crippen LogP contribution in [0.3, 0.4) is 0 Å². The van der Waals surface area contributed by atoms with Crippen LogP contribution in [-0.2, 0) is 19.1 Å². The van der Waals surface area contributed by atoms with Gasteiger partial charge in [0.2, 0.25) is 0 Å². The molecule has 0 saturated carbocycles. The lowest BCUT2D eigenvalue weighted by molar-refractivity contribution is -0.120. The average molecular weight is 498 g/mol. The average Bonchev–Trinajstić information content (AvgIpc) is 3.10. The Labute approximate surface area is 207 Å². The van der Waals surface area contributed by atoms with Gasteiger partial charge in [-0.25, -0.2) is 9.69 Å². The van der Waals surface area contributed by atoms with E-state index in [2.05, 4.69) is 5.32 Å². The number of carbonyl (C=O) groups excluding carboxylic acids is 4. The molecule has 0 atom stereocenters. The summed E-state index contributed by atoms with van der Waals surface area (Å²) in [5.74, 6) is -1.97. The molecular weight excluding hydrogens is 474 g/mol. The number of nitrogens with one attached hydrogen (secondary N) is 1. The number of hydrogen-bond acceptors (Lipinski definition) is 7. The van der Waals surface area contributed by atoms with Gasteiger partial charge in [0, 0.05) is 24.3 Å². The molecule has 0 spiro atoms. The first-order valence-corrected chi connectivity index (χ1v) is 11.6. The van der Waals surface area contributed by atoms with E-state index in [4.69, 9.17) is 21.1 Å². The van der Waals surface area contributed by atoms with Crippen LogP contribution in [0, 0.1) is 0 Å². The summed E-state index contributed by atoms with van der Waals surface area (Å²) < 4.78 is 10.4. The van der Waals surface area contributed by atoms with Gasteiger partial charge in [-0.15, -0.1) is 0 Å². The Bertz CT molecular complexity index is 1190. The highest BCUT2D eigenvalue weighted by molar-refractivity contribution is 6.53. The van der Waals surface area contributed by atoms with Crippen molar-refractivity contribution in [3.63, 3.8) is 0 Å². The summed E-state index contributed by atoms with van der Waals surface area (Å²) in [7, 11) is 0. The zero-order chi connectivity index (χ0) is 24.9. The summed E-state index contributed by atoms with van der Waals surface area (Å²) in [6.45, 7) is 4.17. The molecule has 1 saturated heterocycles. The van der Waals surface area contributed by atoms with E-state index >= 15 is 0 Å². The molecule has 2 aromatic carbocycles. The number of esters is 1. The number of benzene rings is 2. The lowest BCUT2D eigenvalue weighted by Crippen LogP contribution is -2.40. The predicted octanol–water partition coefficient (Wildman–Crippen LogP) is 3.16. The van der Waals surface area contributed by atoms with Gasteiger partial charge in [0.1, 0.15) is 10.7 Å². The van der Waals surface area contributed by atoms with Gasteiger partial charge < -0.3 is 19.7 Å². The summed E-state index contributed by atoms with van der Waals surface area (Å²) in [5, 5.41) is 2.62. The molecule has 2 aliphatic heterocycles. The van der Waals surface area contributed by atoms with E-state index in [1.54, 1.807) is 29.2 Å². The summed E-state index contributed by atoms with van der Waals surface area (Å²) in [6.07, 6.45) is 0.699. The van der Waals surface area contributed by atoms with Gasteiger partial charge in [0.25, 0.3) is 17.7 Å². The van der Waals surface area contributed by atoms with Crippen LogP contribution in [0.5, 0.6) is 0 Å². The third-order valence-electron chi connectivity index (χ3n) is 5.50. The summed E-state index contributed by atoms with van der Waals surface area (Å²) in [5.41, 5.74) is 1.35. The zero-order valence-corrected chi connectivity index (χ0v) is 19.8. The number of ether oxygens (including phenoxy) is 2. The number of carbonyl (C=O) groups is 4. The number of amides is 3. The Hall–Kier alpha value is -3.69. The van der Waals surface area contributed by atoms with Gasteiger partial charge in [-0.1, -0.05) is 24.6 Å². The van der Waals surface area contributed by atoms with E-state index in [1.165, 1.54) is 24.3 Å². The van der Waals surface area contributed by atoms with Crippen molar-refractivity contribution in [2.75, 3.05) is 43.1 Å². The van der Waals surface area contributed by atoms with Crippen LogP contribution < -0.4 is 10.2 Å². The molecule has 10 heteroatoms. The minimum atomic E-state index is -0.693.